The van der Waals surface area contributed by atoms with Gasteiger partial charge < -0.3 is 10.4 Å². The molecule has 0 bridgehead atoms. The molecule has 0 saturated heterocycles. The van der Waals surface area contributed by atoms with Gasteiger partial charge in [-0.3, -0.25) is 4.68 Å². The number of aryl methyl sites for hydroxylation is 1. The van der Waals surface area contributed by atoms with Crippen molar-refractivity contribution in [3.8, 4) is 0 Å². The van der Waals surface area contributed by atoms with Gasteiger partial charge in [0.05, 0.1) is 19.3 Å². The predicted molar refractivity (Wildman–Crippen MR) is 78.3 cm³/mol. The largest absolute Gasteiger partial charge is 0.394 e. The summed E-state index contributed by atoms with van der Waals surface area (Å²) in [4.78, 5) is 0. The summed E-state index contributed by atoms with van der Waals surface area (Å²) in [6.07, 6.45) is 7.51. The highest BCUT2D eigenvalue weighted by Gasteiger charge is 2.18. The van der Waals surface area contributed by atoms with E-state index in [0.29, 0.717) is 12.6 Å². The maximum Gasteiger partial charge on any atom is 0.0640 e. The maximum atomic E-state index is 8.90. The average Bonchev–Trinajstić information content (AvgIpc) is 2.93. The van der Waals surface area contributed by atoms with Crippen molar-refractivity contribution in [1.82, 2.24) is 15.1 Å². The van der Waals surface area contributed by atoms with Gasteiger partial charge in [-0.05, 0) is 30.4 Å². The Morgan fingerprint density at radius 3 is 3.15 bits per heavy atom. The third kappa shape index (κ3) is 2.92. The van der Waals surface area contributed by atoms with E-state index in [1.54, 1.807) is 4.68 Å². The van der Waals surface area contributed by atoms with E-state index in [2.05, 4.69) is 34.7 Å². The number of hydrogen-bond donors (Lipinski definition) is 2. The molecule has 3 rings (SSSR count). The Morgan fingerprint density at radius 1 is 1.35 bits per heavy atom. The number of aliphatic hydroxyl groups is 1. The van der Waals surface area contributed by atoms with Crippen molar-refractivity contribution in [2.24, 2.45) is 0 Å². The summed E-state index contributed by atoms with van der Waals surface area (Å²) >= 11 is 0. The topological polar surface area (TPSA) is 50.1 Å². The number of aromatic nitrogens is 2. The first-order valence-electron chi connectivity index (χ1n) is 7.30. The first kappa shape index (κ1) is 13.3. The van der Waals surface area contributed by atoms with Crippen LogP contribution in [0.25, 0.3) is 0 Å². The molecular weight excluding hydrogens is 250 g/mol. The van der Waals surface area contributed by atoms with Gasteiger partial charge in [0.25, 0.3) is 0 Å². The van der Waals surface area contributed by atoms with Gasteiger partial charge in [-0.1, -0.05) is 24.3 Å². The average molecular weight is 271 g/mol. The minimum atomic E-state index is 0.130. The van der Waals surface area contributed by atoms with Gasteiger partial charge in [0.2, 0.25) is 0 Å². The summed E-state index contributed by atoms with van der Waals surface area (Å²) in [5, 5.41) is 16.8. The Labute approximate surface area is 119 Å². The molecule has 4 nitrogen and oxygen atoms in total. The smallest absolute Gasteiger partial charge is 0.0640 e. The Morgan fingerprint density at radius 2 is 2.25 bits per heavy atom. The maximum absolute atomic E-state index is 8.90. The molecule has 0 radical (unpaired) electrons. The lowest BCUT2D eigenvalue weighted by Gasteiger charge is -2.26. The minimum absolute atomic E-state index is 0.130. The second kappa shape index (κ2) is 6.20. The molecule has 106 valence electrons. The highest BCUT2D eigenvalue weighted by Crippen LogP contribution is 2.29. The number of rotatable bonds is 5. The van der Waals surface area contributed by atoms with Gasteiger partial charge >= 0.3 is 0 Å². The van der Waals surface area contributed by atoms with E-state index in [9.17, 15) is 0 Å². The summed E-state index contributed by atoms with van der Waals surface area (Å²) < 4.78 is 1.78. The normalized spacial score (nSPS) is 17.9. The summed E-state index contributed by atoms with van der Waals surface area (Å²) in [5.41, 5.74) is 4.09. The summed E-state index contributed by atoms with van der Waals surface area (Å²) in [6.45, 7) is 1.52. The Kier molecular flexibility index (Phi) is 4.14. The van der Waals surface area contributed by atoms with Crippen molar-refractivity contribution in [3.05, 3.63) is 53.3 Å². The van der Waals surface area contributed by atoms with Crippen molar-refractivity contribution >= 4 is 0 Å². The fourth-order valence-corrected chi connectivity index (χ4v) is 2.93. The van der Waals surface area contributed by atoms with E-state index < -0.39 is 0 Å². The minimum Gasteiger partial charge on any atom is -0.394 e. The SMILES string of the molecule is OCCn1cc(CNC2CCCc3ccccc32)cn1. The van der Waals surface area contributed by atoms with Gasteiger partial charge in [-0.25, -0.2) is 0 Å². The van der Waals surface area contributed by atoms with Crippen molar-refractivity contribution in [2.45, 2.75) is 38.4 Å². The molecule has 2 N–H and O–H groups in total. The van der Waals surface area contributed by atoms with Crippen LogP contribution in [0.2, 0.25) is 0 Å². The number of fused-ring (bicyclic) bond motifs is 1. The van der Waals surface area contributed by atoms with Crippen molar-refractivity contribution in [1.29, 1.82) is 0 Å². The van der Waals surface area contributed by atoms with Crippen LogP contribution >= 0.6 is 0 Å². The molecule has 0 aliphatic heterocycles. The number of hydrogen-bond acceptors (Lipinski definition) is 3. The molecule has 1 unspecified atom stereocenters. The van der Waals surface area contributed by atoms with E-state index in [1.165, 1.54) is 36.0 Å². The Balaban J connectivity index is 1.64. The standard InChI is InChI=1S/C16H21N3O/c20-9-8-19-12-13(11-18-19)10-17-16-7-3-5-14-4-1-2-6-15(14)16/h1-2,4,6,11-12,16-17,20H,3,5,7-10H2. The number of nitrogens with one attached hydrogen (secondary N) is 1. The van der Waals surface area contributed by atoms with E-state index in [1.807, 2.05) is 12.4 Å². The predicted octanol–water partition coefficient (Wildman–Crippen LogP) is 2.04. The van der Waals surface area contributed by atoms with Crippen LogP contribution in [0.15, 0.2) is 36.7 Å². The van der Waals surface area contributed by atoms with Gasteiger partial charge in [0.1, 0.15) is 0 Å². The molecule has 0 spiro atoms. The molecule has 1 heterocycles. The van der Waals surface area contributed by atoms with Gasteiger partial charge in [0, 0.05) is 24.3 Å². The van der Waals surface area contributed by atoms with E-state index in [4.69, 9.17) is 5.11 Å². The van der Waals surface area contributed by atoms with E-state index >= 15 is 0 Å². The second-order valence-electron chi connectivity index (χ2n) is 5.36. The first-order valence-corrected chi connectivity index (χ1v) is 7.30. The zero-order valence-corrected chi connectivity index (χ0v) is 11.6. The van der Waals surface area contributed by atoms with Crippen LogP contribution in [-0.2, 0) is 19.5 Å². The third-order valence-electron chi connectivity index (χ3n) is 3.94. The first-order chi connectivity index (χ1) is 9.86. The van der Waals surface area contributed by atoms with Crippen LogP contribution in [0.4, 0.5) is 0 Å². The Bertz CT molecular complexity index is 564. The molecule has 20 heavy (non-hydrogen) atoms. The Hall–Kier alpha value is -1.65. The van der Waals surface area contributed by atoms with Crippen LogP contribution in [0.1, 0.15) is 35.6 Å². The molecule has 0 amide bonds. The number of aliphatic hydroxyl groups excluding tert-OH is 1. The molecule has 1 aromatic carbocycles. The lowest BCUT2D eigenvalue weighted by atomic mass is 9.88. The summed E-state index contributed by atoms with van der Waals surface area (Å²) in [7, 11) is 0. The highest BCUT2D eigenvalue weighted by atomic mass is 16.3. The molecule has 1 aliphatic carbocycles. The molecule has 1 aliphatic rings. The van der Waals surface area contributed by atoms with Gasteiger partial charge in [-0.15, -0.1) is 0 Å². The molecule has 1 aromatic heterocycles. The van der Waals surface area contributed by atoms with Crippen LogP contribution in [0.3, 0.4) is 0 Å². The summed E-state index contributed by atoms with van der Waals surface area (Å²) in [6, 6.07) is 9.17. The fourth-order valence-electron chi connectivity index (χ4n) is 2.93. The van der Waals surface area contributed by atoms with Crippen molar-refractivity contribution < 1.29 is 5.11 Å². The van der Waals surface area contributed by atoms with Gasteiger partial charge in [0.15, 0.2) is 0 Å². The van der Waals surface area contributed by atoms with E-state index in [0.717, 1.165) is 6.54 Å². The second-order valence-corrected chi connectivity index (χ2v) is 5.36. The lowest BCUT2D eigenvalue weighted by molar-refractivity contribution is 0.269. The van der Waals surface area contributed by atoms with Crippen LogP contribution in [-0.4, -0.2) is 21.5 Å². The molecule has 0 saturated carbocycles. The monoisotopic (exact) mass is 271 g/mol. The fraction of sp³-hybridized carbons (Fsp3) is 0.438. The highest BCUT2D eigenvalue weighted by molar-refractivity contribution is 5.32. The molecular formula is C16H21N3O. The van der Waals surface area contributed by atoms with Gasteiger partial charge in [-0.2, -0.15) is 5.10 Å². The zero-order valence-electron chi connectivity index (χ0n) is 11.6. The summed E-state index contributed by atoms with van der Waals surface area (Å²) in [5.74, 6) is 0. The van der Waals surface area contributed by atoms with Crippen molar-refractivity contribution in [2.75, 3.05) is 6.61 Å². The third-order valence-corrected chi connectivity index (χ3v) is 3.94. The zero-order chi connectivity index (χ0) is 13.8. The molecule has 2 aromatic rings. The molecule has 4 heteroatoms. The number of benzene rings is 1. The quantitative estimate of drug-likeness (QED) is 0.875. The van der Waals surface area contributed by atoms with Crippen LogP contribution in [0, 0.1) is 0 Å². The molecule has 1 atom stereocenters. The lowest BCUT2D eigenvalue weighted by Crippen LogP contribution is -2.24. The van der Waals surface area contributed by atoms with Crippen molar-refractivity contribution in [3.63, 3.8) is 0 Å². The van der Waals surface area contributed by atoms with E-state index in [-0.39, 0.29) is 6.61 Å². The number of nitrogens with zero attached hydrogens (tertiary/aromatic N) is 2. The van der Waals surface area contributed by atoms with Crippen LogP contribution in [0.5, 0.6) is 0 Å². The van der Waals surface area contributed by atoms with Crippen LogP contribution < -0.4 is 5.32 Å². The molecule has 0 fully saturated rings.